The number of hydrogen-bond acceptors (Lipinski definition) is 9. The van der Waals surface area contributed by atoms with E-state index in [4.69, 9.17) is 36.5 Å². The summed E-state index contributed by atoms with van der Waals surface area (Å²) >= 11 is 12.2. The molecule has 0 aliphatic rings. The number of carboxylic acids is 1. The molecule has 0 bridgehead atoms. The second kappa shape index (κ2) is 17.6. The Morgan fingerprint density at radius 3 is 2.13 bits per heavy atom. The van der Waals surface area contributed by atoms with E-state index in [2.05, 4.69) is 37.2 Å². The van der Waals surface area contributed by atoms with Crippen molar-refractivity contribution in [1.82, 2.24) is 14.5 Å². The molecule has 21 heteroatoms. The zero-order valence-corrected chi connectivity index (χ0v) is 29.1. The number of carbonyl (C=O) groups excluding carboxylic acids is 1. The maximum absolute atomic E-state index is 12.9. The molecule has 0 atom stereocenters. The van der Waals surface area contributed by atoms with Gasteiger partial charge in [0.1, 0.15) is 11.4 Å². The molecule has 0 aliphatic carbocycles. The maximum Gasteiger partial charge on any atom is 0.431 e. The van der Waals surface area contributed by atoms with Crippen LogP contribution in [-0.2, 0) is 27.3 Å². The number of hydrogen-bond donors (Lipinski definition) is 5. The number of aliphatic carboxylic acids is 1. The first-order valence-electron chi connectivity index (χ1n) is 12.5. The number of nitrogens with zero attached hydrogens (tertiary/aromatic N) is 3. The topological polar surface area (TPSA) is 221 Å². The average Bonchev–Trinajstić information content (AvgIpc) is 2.93. The number of ether oxygens (including phenoxy) is 1. The second-order valence-corrected chi connectivity index (χ2v) is 13.0. The van der Waals surface area contributed by atoms with Crippen LogP contribution in [0.5, 0.6) is 5.75 Å². The van der Waals surface area contributed by atoms with Crippen molar-refractivity contribution in [1.29, 1.82) is 5.26 Å². The van der Waals surface area contributed by atoms with Crippen molar-refractivity contribution in [2.24, 2.45) is 7.05 Å². The summed E-state index contributed by atoms with van der Waals surface area (Å²) in [5.41, 5.74) is -3.50. The predicted molar refractivity (Wildman–Crippen MR) is 169 cm³/mol. The van der Waals surface area contributed by atoms with Crippen molar-refractivity contribution in [3.05, 3.63) is 88.0 Å². The van der Waals surface area contributed by atoms with Gasteiger partial charge in [0.15, 0.2) is 0 Å². The van der Waals surface area contributed by atoms with Gasteiger partial charge in [0.2, 0.25) is 0 Å². The van der Waals surface area contributed by atoms with Crippen molar-refractivity contribution in [3.8, 4) is 17.5 Å². The molecule has 14 nitrogen and oxygen atoms in total. The van der Waals surface area contributed by atoms with Gasteiger partial charge in [-0.2, -0.15) is 18.4 Å². The summed E-state index contributed by atoms with van der Waals surface area (Å²) in [4.78, 5) is 62.6. The van der Waals surface area contributed by atoms with Crippen LogP contribution >= 0.6 is 51.1 Å². The van der Waals surface area contributed by atoms with Gasteiger partial charge in [-0.15, -0.1) is 0 Å². The van der Waals surface area contributed by atoms with Crippen molar-refractivity contribution >= 4 is 63.0 Å². The number of benzene rings is 2. The quantitative estimate of drug-likeness (QED) is 0.166. The molecular formula is C26H25Br2ClF3N4O10P. The van der Waals surface area contributed by atoms with Crippen LogP contribution in [0.25, 0.3) is 5.69 Å². The van der Waals surface area contributed by atoms with Gasteiger partial charge in [0.05, 0.1) is 55.8 Å². The molecule has 3 rings (SSSR count). The Balaban J connectivity index is 0.000000431. The number of rotatable bonds is 7. The van der Waals surface area contributed by atoms with E-state index in [-0.39, 0.29) is 22.0 Å². The van der Waals surface area contributed by atoms with Gasteiger partial charge in [-0.3, -0.25) is 24.0 Å². The van der Waals surface area contributed by atoms with E-state index >= 15 is 0 Å². The van der Waals surface area contributed by atoms with E-state index in [1.165, 1.54) is 12.1 Å². The van der Waals surface area contributed by atoms with Crippen LogP contribution in [0.1, 0.15) is 35.5 Å². The standard InChI is InChI=1S/C16H14ClF3N2O4.C7H3Br2NO.C3H8NO5P/c1-8(2)26-14(24)10-6-9(4-5-11(10)17)22-13(23)7-12(16(18,19)20)21(3)15(22)25;8-5-1-4(3-10)2-6(9)7(5)11;5-3(6)1-4-2-10(7,8)9/h4-8H,1-3H3;1-2,11H;4H,1-2H2,(H,5,6)(H2,7,8,9). The maximum atomic E-state index is 12.9. The van der Waals surface area contributed by atoms with Gasteiger partial charge in [-0.1, -0.05) is 11.6 Å². The summed E-state index contributed by atoms with van der Waals surface area (Å²) in [6, 6.07) is 8.99. The third-order valence-electron chi connectivity index (χ3n) is 5.12. The highest BCUT2D eigenvalue weighted by Crippen LogP contribution is 2.33. The van der Waals surface area contributed by atoms with Crippen molar-refractivity contribution in [3.63, 3.8) is 0 Å². The van der Waals surface area contributed by atoms with Gasteiger partial charge in [-0.05, 0) is 76.0 Å². The molecule has 2 aromatic carbocycles. The van der Waals surface area contributed by atoms with Crippen LogP contribution in [0.15, 0.2) is 54.9 Å². The highest BCUT2D eigenvalue weighted by atomic mass is 79.9. The molecule has 0 radical (unpaired) electrons. The number of alkyl halides is 3. The molecule has 1 heterocycles. The smallest absolute Gasteiger partial charge is 0.431 e. The van der Waals surface area contributed by atoms with Crippen LogP contribution in [0.3, 0.4) is 0 Å². The van der Waals surface area contributed by atoms with Crippen molar-refractivity contribution < 1.29 is 52.1 Å². The monoisotopic (exact) mass is 834 g/mol. The summed E-state index contributed by atoms with van der Waals surface area (Å²) in [7, 11) is -3.20. The molecule has 0 spiro atoms. The third-order valence-corrected chi connectivity index (χ3v) is 7.30. The number of phenolic OH excluding ortho intramolecular Hbond substituents is 1. The minimum absolute atomic E-state index is 0.0104. The van der Waals surface area contributed by atoms with Gasteiger partial charge < -0.3 is 24.7 Å². The molecule has 256 valence electrons. The average molecular weight is 837 g/mol. The molecular weight excluding hydrogens is 812 g/mol. The molecule has 0 saturated heterocycles. The highest BCUT2D eigenvalue weighted by Gasteiger charge is 2.35. The van der Waals surface area contributed by atoms with Crippen LogP contribution in [-0.4, -0.2) is 60.0 Å². The van der Waals surface area contributed by atoms with Crippen molar-refractivity contribution in [2.75, 3.05) is 12.8 Å². The lowest BCUT2D eigenvalue weighted by Gasteiger charge is -2.15. The Morgan fingerprint density at radius 1 is 1.13 bits per heavy atom. The zero-order chi connectivity index (χ0) is 36.4. The summed E-state index contributed by atoms with van der Waals surface area (Å²) in [6.07, 6.45) is -5.90. The largest absolute Gasteiger partial charge is 0.506 e. The van der Waals surface area contributed by atoms with Crippen LogP contribution < -0.4 is 16.6 Å². The first-order chi connectivity index (χ1) is 21.5. The highest BCUT2D eigenvalue weighted by molar-refractivity contribution is 9.11. The molecule has 5 N–H and O–H groups in total. The lowest BCUT2D eigenvalue weighted by Crippen LogP contribution is -2.40. The van der Waals surface area contributed by atoms with Crippen LogP contribution in [0.4, 0.5) is 13.2 Å². The number of esters is 1. The fourth-order valence-corrected chi connectivity index (χ4v) is 4.94. The Labute approximate surface area is 285 Å². The summed E-state index contributed by atoms with van der Waals surface area (Å²) in [6.45, 7) is 2.79. The first kappa shape index (κ1) is 41.5. The molecule has 0 saturated carbocycles. The third kappa shape index (κ3) is 13.3. The Hall–Kier alpha value is -3.50. The number of nitriles is 1. The number of carboxylic acid groups (broad SMARTS) is 1. The minimum Gasteiger partial charge on any atom is -0.506 e. The lowest BCUT2D eigenvalue weighted by molar-refractivity contribution is -0.144. The first-order valence-corrected chi connectivity index (χ1v) is 16.2. The zero-order valence-electron chi connectivity index (χ0n) is 24.3. The van der Waals surface area contributed by atoms with E-state index in [1.807, 2.05) is 6.07 Å². The molecule has 0 fully saturated rings. The van der Waals surface area contributed by atoms with E-state index in [0.29, 0.717) is 29.7 Å². The molecule has 0 amide bonds. The molecule has 0 unspecified atom stereocenters. The van der Waals surface area contributed by atoms with E-state index in [0.717, 1.165) is 13.1 Å². The fraction of sp³-hybridized carbons (Fsp3) is 0.269. The molecule has 3 aromatic rings. The summed E-state index contributed by atoms with van der Waals surface area (Å²) in [5.74, 6) is -1.82. The fourth-order valence-electron chi connectivity index (χ4n) is 3.16. The summed E-state index contributed by atoms with van der Waals surface area (Å²) < 4.78 is 55.6. The van der Waals surface area contributed by atoms with Gasteiger partial charge in [-0.25, -0.2) is 14.2 Å². The van der Waals surface area contributed by atoms with Gasteiger partial charge in [0, 0.05) is 13.1 Å². The number of nitrogens with one attached hydrogen (secondary N) is 1. The Bertz CT molecular complexity index is 1820. The lowest BCUT2D eigenvalue weighted by atomic mass is 10.2. The number of aromatic nitrogens is 2. The van der Waals surface area contributed by atoms with E-state index < -0.39 is 61.6 Å². The second-order valence-electron chi connectivity index (χ2n) is 9.20. The van der Waals surface area contributed by atoms with E-state index in [1.54, 1.807) is 26.0 Å². The number of carbonyl (C=O) groups is 2. The molecule has 1 aromatic heterocycles. The molecule has 0 aliphatic heterocycles. The normalized spacial score (nSPS) is 11.0. The minimum atomic E-state index is -4.86. The SMILES string of the molecule is CC(C)OC(=O)c1cc(-n2c(=O)cc(C(F)(F)F)n(C)c2=O)ccc1Cl.N#Cc1cc(Br)c(O)c(Br)c1.O=C(O)CNCP(=O)(O)O. The summed E-state index contributed by atoms with van der Waals surface area (Å²) in [5, 5.41) is 27.8. The number of aromatic hydroxyl groups is 1. The van der Waals surface area contributed by atoms with Crippen LogP contribution in [0, 0.1) is 11.3 Å². The van der Waals surface area contributed by atoms with Gasteiger partial charge >= 0.3 is 31.4 Å². The number of phenols is 1. The Morgan fingerprint density at radius 2 is 1.68 bits per heavy atom. The van der Waals surface area contributed by atoms with Crippen LogP contribution in [0.2, 0.25) is 5.02 Å². The Kier molecular flexibility index (Phi) is 15.5. The number of halogens is 6. The molecule has 47 heavy (non-hydrogen) atoms. The van der Waals surface area contributed by atoms with Crippen molar-refractivity contribution in [2.45, 2.75) is 26.1 Å². The van der Waals surface area contributed by atoms with Gasteiger partial charge in [0.25, 0.3) is 5.56 Å². The predicted octanol–water partition coefficient (Wildman–Crippen LogP) is 4.36. The van der Waals surface area contributed by atoms with E-state index in [9.17, 15) is 42.0 Å².